The molecule has 202 valence electrons. The van der Waals surface area contributed by atoms with Crippen molar-refractivity contribution in [2.24, 2.45) is 0 Å². The van der Waals surface area contributed by atoms with Crippen LogP contribution >= 0.6 is 62.5 Å². The second-order valence-electron chi connectivity index (χ2n) is 8.07. The first kappa shape index (κ1) is 29.3. The first-order chi connectivity index (χ1) is 18.7. The Morgan fingerprint density at radius 3 is 2.49 bits per heavy atom. The van der Waals surface area contributed by atoms with E-state index in [1.54, 1.807) is 60.7 Å². The number of ether oxygens (including phenoxy) is 2. The lowest BCUT2D eigenvalue weighted by molar-refractivity contribution is -0.127. The number of nitrogens with one attached hydrogen (secondary N) is 1. The average molecular weight is 671 g/mol. The van der Waals surface area contributed by atoms with Crippen molar-refractivity contribution in [3.63, 3.8) is 0 Å². The van der Waals surface area contributed by atoms with Crippen LogP contribution in [0.2, 0.25) is 15.1 Å². The van der Waals surface area contributed by atoms with Gasteiger partial charge in [0.25, 0.3) is 11.1 Å². The largest absolute Gasteiger partial charge is 0.490 e. The summed E-state index contributed by atoms with van der Waals surface area (Å²) in [5.41, 5.74) is 1.72. The van der Waals surface area contributed by atoms with Crippen LogP contribution in [0.15, 0.2) is 64.0 Å². The number of para-hydroxylation sites is 1. The second-order valence-corrected chi connectivity index (χ2v) is 11.2. The number of halogens is 4. The molecule has 0 bridgehead atoms. The molecule has 1 fully saturated rings. The van der Waals surface area contributed by atoms with E-state index >= 15 is 0 Å². The lowest BCUT2D eigenvalue weighted by Gasteiger charge is -2.15. The van der Waals surface area contributed by atoms with Crippen LogP contribution in [0.25, 0.3) is 6.08 Å². The Kier molecular flexibility index (Phi) is 9.85. The van der Waals surface area contributed by atoms with E-state index in [-0.39, 0.29) is 11.5 Å². The van der Waals surface area contributed by atoms with Gasteiger partial charge >= 0.3 is 0 Å². The fourth-order valence-electron chi connectivity index (χ4n) is 3.51. The van der Waals surface area contributed by atoms with Gasteiger partial charge in [0.1, 0.15) is 13.2 Å². The molecule has 0 unspecified atom stereocenters. The quantitative estimate of drug-likeness (QED) is 0.232. The second kappa shape index (κ2) is 13.1. The fourth-order valence-corrected chi connectivity index (χ4v) is 5.42. The molecule has 4 rings (SSSR count). The van der Waals surface area contributed by atoms with Crippen molar-refractivity contribution in [1.29, 1.82) is 0 Å². The summed E-state index contributed by atoms with van der Waals surface area (Å²) in [4.78, 5) is 39.1. The summed E-state index contributed by atoms with van der Waals surface area (Å²) in [6.45, 7) is 1.94. The predicted molar refractivity (Wildman–Crippen MR) is 159 cm³/mol. The number of hydrogen-bond donors (Lipinski definition) is 1. The number of carbonyl (C=O) groups is 3. The number of thioether (sulfide) groups is 1. The van der Waals surface area contributed by atoms with Gasteiger partial charge < -0.3 is 14.8 Å². The molecule has 1 N–H and O–H groups in total. The van der Waals surface area contributed by atoms with E-state index in [1.165, 1.54) is 0 Å². The molecule has 0 saturated carbocycles. The van der Waals surface area contributed by atoms with Gasteiger partial charge in [-0.05, 0) is 66.7 Å². The van der Waals surface area contributed by atoms with Crippen LogP contribution in [0.4, 0.5) is 10.5 Å². The molecule has 3 aromatic carbocycles. The van der Waals surface area contributed by atoms with Gasteiger partial charge in [0.15, 0.2) is 11.5 Å². The molecule has 1 aliphatic rings. The molecule has 3 amide bonds. The highest BCUT2D eigenvalue weighted by Crippen LogP contribution is 2.39. The van der Waals surface area contributed by atoms with Gasteiger partial charge in [0.2, 0.25) is 5.91 Å². The maximum absolute atomic E-state index is 13.0. The number of amides is 3. The van der Waals surface area contributed by atoms with Gasteiger partial charge in [0.05, 0.1) is 22.2 Å². The molecule has 0 aromatic heterocycles. The van der Waals surface area contributed by atoms with Gasteiger partial charge in [-0.2, -0.15) is 0 Å². The van der Waals surface area contributed by atoms with Crippen molar-refractivity contribution < 1.29 is 23.9 Å². The summed E-state index contributed by atoms with van der Waals surface area (Å²) in [5, 5.41) is 3.41. The lowest BCUT2D eigenvalue weighted by Crippen LogP contribution is -2.36. The van der Waals surface area contributed by atoms with Crippen LogP contribution in [0.1, 0.15) is 18.1 Å². The molecule has 12 heteroatoms. The zero-order chi connectivity index (χ0) is 28.1. The molecule has 39 heavy (non-hydrogen) atoms. The van der Waals surface area contributed by atoms with Crippen LogP contribution in [-0.4, -0.2) is 35.1 Å². The Hall–Kier alpha value is -2.69. The molecule has 7 nitrogen and oxygen atoms in total. The van der Waals surface area contributed by atoms with Gasteiger partial charge in [-0.3, -0.25) is 19.3 Å². The highest BCUT2D eigenvalue weighted by Gasteiger charge is 2.36. The summed E-state index contributed by atoms with van der Waals surface area (Å²) in [6.07, 6.45) is 1.56. The predicted octanol–water partition coefficient (Wildman–Crippen LogP) is 8.06. The Bertz CT molecular complexity index is 1480. The molecule has 0 spiro atoms. The van der Waals surface area contributed by atoms with Crippen molar-refractivity contribution in [2.45, 2.75) is 13.5 Å². The van der Waals surface area contributed by atoms with Crippen LogP contribution < -0.4 is 14.8 Å². The highest BCUT2D eigenvalue weighted by molar-refractivity contribution is 9.10. The lowest BCUT2D eigenvalue weighted by atomic mass is 10.1. The number of anilines is 1. The molecule has 1 aliphatic heterocycles. The average Bonchev–Trinajstić information content (AvgIpc) is 3.14. The summed E-state index contributed by atoms with van der Waals surface area (Å²) in [5.74, 6) is -0.234. The maximum Gasteiger partial charge on any atom is 0.294 e. The molecule has 1 heterocycles. The minimum absolute atomic E-state index is 0.162. The Morgan fingerprint density at radius 2 is 1.77 bits per heavy atom. The van der Waals surface area contributed by atoms with Crippen LogP contribution in [0, 0.1) is 0 Å². The normalized spacial score (nSPS) is 14.2. The van der Waals surface area contributed by atoms with Crippen molar-refractivity contribution in [2.75, 3.05) is 18.5 Å². The van der Waals surface area contributed by atoms with Gasteiger partial charge in [-0.25, -0.2) is 0 Å². The maximum atomic E-state index is 13.0. The smallest absolute Gasteiger partial charge is 0.294 e. The summed E-state index contributed by atoms with van der Waals surface area (Å²) in [6, 6.07) is 15.2. The highest BCUT2D eigenvalue weighted by atomic mass is 79.9. The van der Waals surface area contributed by atoms with E-state index in [4.69, 9.17) is 44.3 Å². The third-order valence-corrected chi connectivity index (χ3v) is 7.88. The van der Waals surface area contributed by atoms with Crippen LogP contribution in [0.5, 0.6) is 11.5 Å². The Balaban J connectivity index is 1.50. The van der Waals surface area contributed by atoms with E-state index in [1.807, 2.05) is 6.92 Å². The SMILES string of the molecule is CCOc1cc(/C=C2/SC(=O)N(CC(=O)Nc3ccccc3Cl)C2=O)c(Br)cc1OCc1ccc(Cl)cc1Cl. The van der Waals surface area contributed by atoms with E-state index in [0.717, 1.165) is 22.2 Å². The van der Waals surface area contributed by atoms with Gasteiger partial charge in [-0.15, -0.1) is 0 Å². The van der Waals surface area contributed by atoms with E-state index in [2.05, 4.69) is 21.2 Å². The number of hydrogen-bond acceptors (Lipinski definition) is 6. The minimum Gasteiger partial charge on any atom is -0.490 e. The summed E-state index contributed by atoms with van der Waals surface area (Å²) in [7, 11) is 0. The minimum atomic E-state index is -0.582. The number of rotatable bonds is 9. The summed E-state index contributed by atoms with van der Waals surface area (Å²) >= 11 is 22.5. The molecule has 0 aliphatic carbocycles. The van der Waals surface area contributed by atoms with Crippen molar-refractivity contribution >= 4 is 91.3 Å². The van der Waals surface area contributed by atoms with E-state index in [0.29, 0.717) is 48.9 Å². The van der Waals surface area contributed by atoms with E-state index < -0.39 is 23.6 Å². The topological polar surface area (TPSA) is 84.9 Å². The third kappa shape index (κ3) is 7.29. The molecule has 1 saturated heterocycles. The number of carbonyl (C=O) groups excluding carboxylic acids is 3. The third-order valence-electron chi connectivity index (χ3n) is 5.37. The number of benzene rings is 3. The van der Waals surface area contributed by atoms with Crippen LogP contribution in [0.3, 0.4) is 0 Å². The Labute approximate surface area is 252 Å². The van der Waals surface area contributed by atoms with Gasteiger partial charge in [0, 0.05) is 20.1 Å². The van der Waals surface area contributed by atoms with Crippen molar-refractivity contribution in [1.82, 2.24) is 4.90 Å². The molecular weight excluding hydrogens is 651 g/mol. The monoisotopic (exact) mass is 668 g/mol. The van der Waals surface area contributed by atoms with Gasteiger partial charge in [-0.1, -0.05) is 68.9 Å². The van der Waals surface area contributed by atoms with E-state index in [9.17, 15) is 14.4 Å². The van der Waals surface area contributed by atoms with Crippen molar-refractivity contribution in [3.8, 4) is 11.5 Å². The Morgan fingerprint density at radius 1 is 1.03 bits per heavy atom. The molecule has 0 radical (unpaired) electrons. The standard InChI is InChI=1S/C27H20BrCl3N2O5S/c1-2-37-22-9-16(18(28)12-23(22)38-14-15-7-8-17(29)11-20(15)31)10-24-26(35)33(27(36)39-24)13-25(34)32-21-6-4-3-5-19(21)30/h3-12H,2,13-14H2,1H3,(H,32,34)/b24-10+. The first-order valence-corrected chi connectivity index (χ1v) is 14.2. The van der Waals surface area contributed by atoms with Crippen LogP contribution in [-0.2, 0) is 16.2 Å². The zero-order valence-corrected chi connectivity index (χ0v) is 25.0. The summed E-state index contributed by atoms with van der Waals surface area (Å²) < 4.78 is 12.3. The first-order valence-electron chi connectivity index (χ1n) is 11.5. The zero-order valence-electron chi connectivity index (χ0n) is 20.3. The number of imide groups is 1. The number of nitrogens with zero attached hydrogens (tertiary/aromatic N) is 1. The molecular formula is C27H20BrCl3N2O5S. The molecule has 3 aromatic rings. The van der Waals surface area contributed by atoms with Crippen molar-refractivity contribution in [3.05, 3.63) is 90.2 Å². The molecule has 0 atom stereocenters. The fraction of sp³-hybridized carbons (Fsp3) is 0.148.